The maximum Gasteiger partial charge on any atom is 0.471 e. The average molecular weight is 509 g/mol. The van der Waals surface area contributed by atoms with Crippen molar-refractivity contribution in [3.05, 3.63) is 28.5 Å². The Hall–Kier alpha value is -3.90. The number of amides is 1. The van der Waals surface area contributed by atoms with E-state index in [0.29, 0.717) is 23.0 Å². The smallest absolute Gasteiger partial charge is 0.396 e. The van der Waals surface area contributed by atoms with Crippen molar-refractivity contribution in [2.24, 2.45) is 16.0 Å². The number of carbonyl (C=O) groups is 1. The highest BCUT2D eigenvalue weighted by molar-refractivity contribution is 5.93. The van der Waals surface area contributed by atoms with Gasteiger partial charge in [-0.3, -0.25) is 4.79 Å². The van der Waals surface area contributed by atoms with Crippen LogP contribution < -0.4 is 5.32 Å². The van der Waals surface area contributed by atoms with Gasteiger partial charge in [-0.25, -0.2) is 15.0 Å². The number of aromatic nitrogens is 3. The van der Waals surface area contributed by atoms with Gasteiger partial charge in [0.15, 0.2) is 12.1 Å². The monoisotopic (exact) mass is 509 g/mol. The van der Waals surface area contributed by atoms with E-state index in [2.05, 4.69) is 36.8 Å². The molecule has 0 spiro atoms. The van der Waals surface area contributed by atoms with Crippen LogP contribution in [-0.2, 0) is 14.3 Å². The quantitative estimate of drug-likeness (QED) is 0.137. The van der Waals surface area contributed by atoms with Crippen molar-refractivity contribution in [3.63, 3.8) is 0 Å². The highest BCUT2D eigenvalue weighted by Gasteiger charge is 2.38. The van der Waals surface area contributed by atoms with Gasteiger partial charge in [-0.05, 0) is 5.53 Å². The summed E-state index contributed by atoms with van der Waals surface area (Å²) in [5.74, 6) is 2.95. The van der Waals surface area contributed by atoms with E-state index in [4.69, 9.17) is 15.0 Å². The Bertz CT molecular complexity index is 1230. The summed E-state index contributed by atoms with van der Waals surface area (Å²) in [4.78, 5) is 28.1. The maximum absolute atomic E-state index is 12.4. The predicted octanol–water partition coefficient (Wildman–Crippen LogP) is 1.82. The first-order chi connectivity index (χ1) is 17.2. The Morgan fingerprint density at radius 2 is 2.28 bits per heavy atom. The molecule has 2 N–H and O–H groups in total. The summed E-state index contributed by atoms with van der Waals surface area (Å²) >= 11 is 0. The maximum atomic E-state index is 12.4. The third-order valence-electron chi connectivity index (χ3n) is 4.90. The number of aliphatic imine (C=N–C) groups is 1. The fraction of sp³-hybridized carbons (Fsp3) is 0.500. The molecule has 192 valence electrons. The van der Waals surface area contributed by atoms with Crippen LogP contribution in [0.25, 0.3) is 21.5 Å². The normalized spacial score (nSPS) is 19.7. The van der Waals surface area contributed by atoms with Crippen LogP contribution in [0.5, 0.6) is 0 Å². The summed E-state index contributed by atoms with van der Waals surface area (Å²) in [6.07, 6.45) is -1.86. The van der Waals surface area contributed by atoms with Crippen LogP contribution >= 0.6 is 0 Å². The second-order valence-electron chi connectivity index (χ2n) is 7.70. The van der Waals surface area contributed by atoms with Crippen molar-refractivity contribution in [2.75, 3.05) is 34.0 Å². The largest absolute Gasteiger partial charge is 0.471 e. The zero-order valence-corrected chi connectivity index (χ0v) is 19.2. The van der Waals surface area contributed by atoms with Crippen molar-refractivity contribution < 1.29 is 32.5 Å². The number of aliphatic hydroxyl groups is 1. The highest BCUT2D eigenvalue weighted by atomic mass is 19.4. The van der Waals surface area contributed by atoms with Crippen molar-refractivity contribution in [2.45, 2.75) is 25.1 Å². The van der Waals surface area contributed by atoms with E-state index in [1.165, 1.54) is 12.7 Å². The second kappa shape index (κ2) is 11.7. The van der Waals surface area contributed by atoms with Gasteiger partial charge < -0.3 is 29.4 Å². The second-order valence-corrected chi connectivity index (χ2v) is 7.70. The number of ether oxygens (including phenoxy) is 2. The molecule has 2 aromatic rings. The van der Waals surface area contributed by atoms with Crippen molar-refractivity contribution in [3.8, 4) is 11.8 Å². The van der Waals surface area contributed by atoms with Crippen LogP contribution in [0.2, 0.25) is 0 Å². The van der Waals surface area contributed by atoms with Gasteiger partial charge in [0, 0.05) is 37.5 Å². The fourth-order valence-electron chi connectivity index (χ4n) is 3.35. The molecule has 13 nitrogen and oxygen atoms in total. The minimum atomic E-state index is -5.01. The van der Waals surface area contributed by atoms with Gasteiger partial charge >= 0.3 is 12.1 Å². The third kappa shape index (κ3) is 6.40. The third-order valence-corrected chi connectivity index (χ3v) is 4.90. The number of carbonyl (C=O) groups excluding carboxylic acids is 1. The minimum absolute atomic E-state index is 0.254. The highest BCUT2D eigenvalue weighted by Crippen LogP contribution is 2.38. The predicted molar refractivity (Wildman–Crippen MR) is 120 cm³/mol. The summed E-state index contributed by atoms with van der Waals surface area (Å²) in [6.45, 7) is -1.09. The van der Waals surface area contributed by atoms with E-state index >= 15 is 0 Å². The lowest BCUT2D eigenvalue weighted by molar-refractivity contribution is -0.173. The summed E-state index contributed by atoms with van der Waals surface area (Å²) in [7, 11) is 3.52. The molecule has 3 atom stereocenters. The van der Waals surface area contributed by atoms with E-state index in [1.54, 1.807) is 35.1 Å². The summed E-state index contributed by atoms with van der Waals surface area (Å²) < 4.78 is 50.2. The average Bonchev–Trinajstić information content (AvgIpc) is 3.41. The van der Waals surface area contributed by atoms with Crippen molar-refractivity contribution in [1.29, 1.82) is 0 Å². The molecule has 36 heavy (non-hydrogen) atoms. The Labute approximate surface area is 202 Å². The number of alkyl halides is 3. The van der Waals surface area contributed by atoms with E-state index in [1.807, 2.05) is 0 Å². The lowest BCUT2D eigenvalue weighted by Gasteiger charge is -2.16. The molecule has 0 aliphatic carbocycles. The molecule has 3 rings (SSSR count). The van der Waals surface area contributed by atoms with E-state index < -0.39 is 37.1 Å². The molecule has 3 heterocycles. The van der Waals surface area contributed by atoms with Gasteiger partial charge in [-0.15, -0.1) is 0 Å². The summed E-state index contributed by atoms with van der Waals surface area (Å²) in [6, 6.07) is 0. The first-order valence-corrected chi connectivity index (χ1v) is 10.4. The number of fused-ring (bicyclic) bond motifs is 1. The number of rotatable bonds is 8. The van der Waals surface area contributed by atoms with Crippen LogP contribution in [-0.4, -0.2) is 83.2 Å². The molecule has 1 amide bonds. The number of nitrogens with zero attached hydrogens (tertiary/aromatic N) is 8. The molecule has 0 bridgehead atoms. The number of hydrogen-bond acceptors (Lipinski definition) is 8. The van der Waals surface area contributed by atoms with Gasteiger partial charge in [0.25, 0.3) is 0 Å². The lowest BCUT2D eigenvalue weighted by Crippen LogP contribution is -2.36. The SMILES string of the molecule is CN(C)C=Nc1ncnc2c1c(C#CCNC(=O)C(F)(F)F)cn2[C@@H]1C[C@H](CO)[C@@H](OCN=[N+]=[N-])O1. The number of aliphatic hydroxyl groups excluding tert-OH is 1. The van der Waals surface area contributed by atoms with Crippen LogP contribution in [0.1, 0.15) is 18.2 Å². The van der Waals surface area contributed by atoms with Crippen molar-refractivity contribution >= 4 is 29.1 Å². The van der Waals surface area contributed by atoms with Crippen LogP contribution in [0, 0.1) is 17.8 Å². The number of halogens is 3. The van der Waals surface area contributed by atoms with E-state index in [-0.39, 0.29) is 19.2 Å². The molecule has 0 saturated carbocycles. The Balaban J connectivity index is 1.97. The van der Waals surface area contributed by atoms with Crippen molar-refractivity contribution in [1.82, 2.24) is 24.8 Å². The Morgan fingerprint density at radius 3 is 2.94 bits per heavy atom. The molecular weight excluding hydrogens is 487 g/mol. The van der Waals surface area contributed by atoms with Crippen LogP contribution in [0.4, 0.5) is 19.0 Å². The Morgan fingerprint density at radius 1 is 1.50 bits per heavy atom. The zero-order valence-electron chi connectivity index (χ0n) is 19.2. The molecule has 0 aromatic carbocycles. The molecule has 1 aliphatic heterocycles. The lowest BCUT2D eigenvalue weighted by atomic mass is 10.1. The minimum Gasteiger partial charge on any atom is -0.396 e. The zero-order chi connectivity index (χ0) is 26.3. The van der Waals surface area contributed by atoms with Gasteiger partial charge in [0.05, 0.1) is 30.4 Å². The molecule has 16 heteroatoms. The summed E-state index contributed by atoms with van der Waals surface area (Å²) in [5.41, 5.74) is 9.15. The number of hydrogen-bond donors (Lipinski definition) is 2. The number of azide groups is 1. The van der Waals surface area contributed by atoms with Gasteiger partial charge in [-0.2, -0.15) is 13.2 Å². The molecule has 0 unspecified atom stereocenters. The topological polar surface area (TPSA) is 163 Å². The molecule has 1 saturated heterocycles. The fourth-order valence-corrected chi connectivity index (χ4v) is 3.35. The number of nitrogens with one attached hydrogen (secondary N) is 1. The Kier molecular flexibility index (Phi) is 8.67. The van der Waals surface area contributed by atoms with Crippen LogP contribution in [0.3, 0.4) is 0 Å². The molecule has 1 fully saturated rings. The molecular formula is C20H22F3N9O4. The van der Waals surface area contributed by atoms with Gasteiger partial charge in [-0.1, -0.05) is 17.0 Å². The molecule has 0 radical (unpaired) electrons. The van der Waals surface area contributed by atoms with E-state index in [9.17, 15) is 23.1 Å². The first kappa shape index (κ1) is 26.7. The standard InChI is InChI=1S/C20H22F3N9O4/c1-31(2)10-28-16-15-12(4-3-5-25-19(34)20(21,22)23)7-32(17(15)27-9-26-16)14-6-13(8-33)18(36-14)35-11-29-30-24/h7,9-10,13-14,18,33H,5-6,8,11H2,1-2H3,(H,25,34)/t13-,14+,18+/m1/s1. The van der Waals surface area contributed by atoms with Gasteiger partial charge in [0.2, 0.25) is 0 Å². The first-order valence-electron chi connectivity index (χ1n) is 10.4. The summed E-state index contributed by atoms with van der Waals surface area (Å²) in [5, 5.41) is 15.1. The molecule has 1 aliphatic rings. The van der Waals surface area contributed by atoms with Crippen LogP contribution in [0.15, 0.2) is 22.6 Å². The molecule has 2 aromatic heterocycles. The van der Waals surface area contributed by atoms with Gasteiger partial charge in [0.1, 0.15) is 24.9 Å². The van der Waals surface area contributed by atoms with E-state index in [0.717, 1.165) is 0 Å².